The lowest BCUT2D eigenvalue weighted by Crippen LogP contribution is -2.23. The van der Waals surface area contributed by atoms with E-state index in [2.05, 4.69) is 28.5 Å². The summed E-state index contributed by atoms with van der Waals surface area (Å²) in [6.45, 7) is 1.14. The van der Waals surface area contributed by atoms with Gasteiger partial charge in [0.1, 0.15) is 0 Å². The van der Waals surface area contributed by atoms with Gasteiger partial charge in [-0.15, -0.1) is 0 Å². The summed E-state index contributed by atoms with van der Waals surface area (Å²) in [6.07, 6.45) is 9.03. The second kappa shape index (κ2) is 5.12. The highest BCUT2D eigenvalue weighted by Gasteiger charge is 2.15. The third kappa shape index (κ3) is 2.42. The van der Waals surface area contributed by atoms with Gasteiger partial charge in [-0.3, -0.25) is 0 Å². The van der Waals surface area contributed by atoms with Crippen molar-refractivity contribution in [3.63, 3.8) is 0 Å². The highest BCUT2D eigenvalue weighted by Crippen LogP contribution is 2.23. The van der Waals surface area contributed by atoms with Gasteiger partial charge >= 0.3 is 0 Å². The number of nitrogens with one attached hydrogen (secondary N) is 1. The molecular weight excluding hydrogens is 246 g/mol. The van der Waals surface area contributed by atoms with E-state index in [-0.39, 0.29) is 0 Å². The first-order chi connectivity index (χ1) is 8.83. The van der Waals surface area contributed by atoms with Crippen LogP contribution in [0.15, 0.2) is 36.9 Å². The van der Waals surface area contributed by atoms with Crippen molar-refractivity contribution in [2.45, 2.75) is 25.3 Å². The second-order valence-electron chi connectivity index (χ2n) is 4.75. The van der Waals surface area contributed by atoms with Crippen LogP contribution in [0.25, 0.3) is 5.69 Å². The number of imidazole rings is 1. The van der Waals surface area contributed by atoms with E-state index in [1.165, 1.54) is 18.4 Å². The second-order valence-corrected chi connectivity index (χ2v) is 5.16. The molecular formula is C14H16ClN3. The van der Waals surface area contributed by atoms with Crippen molar-refractivity contribution >= 4 is 11.6 Å². The minimum Gasteiger partial charge on any atom is -0.314 e. The highest BCUT2D eigenvalue weighted by atomic mass is 35.5. The predicted molar refractivity (Wildman–Crippen MR) is 73.3 cm³/mol. The molecule has 1 atom stereocenters. The summed E-state index contributed by atoms with van der Waals surface area (Å²) in [6, 6.07) is 6.90. The van der Waals surface area contributed by atoms with Crippen LogP contribution in [0.3, 0.4) is 0 Å². The van der Waals surface area contributed by atoms with Gasteiger partial charge in [-0.25, -0.2) is 4.98 Å². The van der Waals surface area contributed by atoms with Crippen LogP contribution in [0.5, 0.6) is 0 Å². The van der Waals surface area contributed by atoms with E-state index >= 15 is 0 Å². The van der Waals surface area contributed by atoms with Crippen molar-refractivity contribution in [2.24, 2.45) is 0 Å². The number of benzene rings is 1. The summed E-state index contributed by atoms with van der Waals surface area (Å²) in [5.41, 5.74) is 2.28. The smallest absolute Gasteiger partial charge is 0.0992 e. The molecule has 0 saturated carbocycles. The maximum atomic E-state index is 6.34. The molecule has 1 aliphatic rings. The standard InChI is InChI=1S/C14H16ClN3/c15-13-9-11(8-12-2-1-5-17-12)3-4-14(13)18-7-6-16-10-18/h3-4,6-7,9-10,12,17H,1-2,5,8H2. The lowest BCUT2D eigenvalue weighted by atomic mass is 10.0. The van der Waals surface area contributed by atoms with Gasteiger partial charge in [0, 0.05) is 18.4 Å². The molecule has 1 unspecified atom stereocenters. The van der Waals surface area contributed by atoms with Crippen molar-refractivity contribution in [1.29, 1.82) is 0 Å². The molecule has 94 valence electrons. The molecule has 1 aromatic heterocycles. The maximum Gasteiger partial charge on any atom is 0.0992 e. The molecule has 1 saturated heterocycles. The van der Waals surface area contributed by atoms with Crippen LogP contribution in [0.1, 0.15) is 18.4 Å². The Morgan fingerprint density at radius 2 is 2.39 bits per heavy atom. The van der Waals surface area contributed by atoms with Crippen molar-refractivity contribution in [2.75, 3.05) is 6.54 Å². The number of hydrogen-bond donors (Lipinski definition) is 1. The van der Waals surface area contributed by atoms with Gasteiger partial charge in [0.2, 0.25) is 0 Å². The monoisotopic (exact) mass is 261 g/mol. The molecule has 1 fully saturated rings. The summed E-state index contributed by atoms with van der Waals surface area (Å²) in [5, 5.41) is 4.29. The zero-order chi connectivity index (χ0) is 12.4. The molecule has 1 aliphatic heterocycles. The molecule has 4 heteroatoms. The number of hydrogen-bond acceptors (Lipinski definition) is 2. The Bertz CT molecular complexity index is 516. The molecule has 1 aromatic carbocycles. The fourth-order valence-corrected chi connectivity index (χ4v) is 2.80. The maximum absolute atomic E-state index is 6.34. The molecule has 1 N–H and O–H groups in total. The summed E-state index contributed by atoms with van der Waals surface area (Å²) >= 11 is 6.34. The van der Waals surface area contributed by atoms with Crippen molar-refractivity contribution in [1.82, 2.24) is 14.9 Å². The van der Waals surface area contributed by atoms with Gasteiger partial charge in [-0.05, 0) is 43.5 Å². The average molecular weight is 262 g/mol. The first-order valence-corrected chi connectivity index (χ1v) is 6.71. The summed E-state index contributed by atoms with van der Waals surface area (Å²) < 4.78 is 1.93. The Kier molecular flexibility index (Phi) is 3.35. The zero-order valence-corrected chi connectivity index (χ0v) is 10.9. The molecule has 0 amide bonds. The molecule has 3 nitrogen and oxygen atoms in total. The van der Waals surface area contributed by atoms with E-state index in [4.69, 9.17) is 11.6 Å². The Morgan fingerprint density at radius 3 is 3.06 bits per heavy atom. The SMILES string of the molecule is Clc1cc(CC2CCCN2)ccc1-n1ccnc1. The summed E-state index contributed by atoms with van der Waals surface area (Å²) in [5.74, 6) is 0. The van der Waals surface area contributed by atoms with Gasteiger partial charge < -0.3 is 9.88 Å². The highest BCUT2D eigenvalue weighted by molar-refractivity contribution is 6.32. The Balaban J connectivity index is 1.80. The lowest BCUT2D eigenvalue weighted by molar-refractivity contribution is 0.603. The van der Waals surface area contributed by atoms with Gasteiger partial charge in [0.05, 0.1) is 17.0 Å². The lowest BCUT2D eigenvalue weighted by Gasteiger charge is -2.12. The van der Waals surface area contributed by atoms with Crippen molar-refractivity contribution in [3.05, 3.63) is 47.5 Å². The normalized spacial score (nSPS) is 19.3. The van der Waals surface area contributed by atoms with E-state index < -0.39 is 0 Å². The molecule has 0 bridgehead atoms. The van der Waals surface area contributed by atoms with Crippen LogP contribution < -0.4 is 5.32 Å². The molecule has 0 spiro atoms. The summed E-state index contributed by atoms with van der Waals surface area (Å²) in [7, 11) is 0. The van der Waals surface area contributed by atoms with Gasteiger partial charge in [-0.2, -0.15) is 0 Å². The Hall–Kier alpha value is -1.32. The number of halogens is 1. The van der Waals surface area contributed by atoms with Crippen molar-refractivity contribution in [3.8, 4) is 5.69 Å². The number of aromatic nitrogens is 2. The largest absolute Gasteiger partial charge is 0.314 e. The van der Waals surface area contributed by atoms with Crippen LogP contribution in [-0.2, 0) is 6.42 Å². The van der Waals surface area contributed by atoms with Crippen LogP contribution in [-0.4, -0.2) is 22.1 Å². The minimum absolute atomic E-state index is 0.611. The van der Waals surface area contributed by atoms with E-state index in [0.29, 0.717) is 6.04 Å². The first-order valence-electron chi connectivity index (χ1n) is 6.33. The summed E-state index contributed by atoms with van der Waals surface area (Å²) in [4.78, 5) is 4.04. The van der Waals surface area contributed by atoms with E-state index in [0.717, 1.165) is 23.7 Å². The average Bonchev–Trinajstić information content (AvgIpc) is 3.01. The van der Waals surface area contributed by atoms with Gasteiger partial charge in [0.25, 0.3) is 0 Å². The Labute approximate surface area is 112 Å². The van der Waals surface area contributed by atoms with Gasteiger partial charge in [-0.1, -0.05) is 17.7 Å². The topological polar surface area (TPSA) is 29.9 Å². The molecule has 2 heterocycles. The fourth-order valence-electron chi connectivity index (χ4n) is 2.50. The van der Waals surface area contributed by atoms with Gasteiger partial charge in [0.15, 0.2) is 0 Å². The van der Waals surface area contributed by atoms with Crippen LogP contribution in [0.4, 0.5) is 0 Å². The molecule has 0 aliphatic carbocycles. The third-order valence-electron chi connectivity index (χ3n) is 3.44. The molecule has 0 radical (unpaired) electrons. The molecule has 18 heavy (non-hydrogen) atoms. The van der Waals surface area contributed by atoms with E-state index in [9.17, 15) is 0 Å². The minimum atomic E-state index is 0.611. The van der Waals surface area contributed by atoms with Crippen molar-refractivity contribution < 1.29 is 0 Å². The van der Waals surface area contributed by atoms with E-state index in [1.807, 2.05) is 10.8 Å². The Morgan fingerprint density at radius 1 is 1.44 bits per heavy atom. The molecule has 2 aromatic rings. The molecule has 3 rings (SSSR count). The fraction of sp³-hybridized carbons (Fsp3) is 0.357. The number of rotatable bonds is 3. The zero-order valence-electron chi connectivity index (χ0n) is 10.1. The third-order valence-corrected chi connectivity index (χ3v) is 3.74. The van der Waals surface area contributed by atoms with Crippen LogP contribution in [0, 0.1) is 0 Å². The first kappa shape index (κ1) is 11.8. The quantitative estimate of drug-likeness (QED) is 0.921. The number of nitrogens with zero attached hydrogens (tertiary/aromatic N) is 2. The van der Waals surface area contributed by atoms with Crippen LogP contribution >= 0.6 is 11.6 Å². The van der Waals surface area contributed by atoms with Crippen LogP contribution in [0.2, 0.25) is 5.02 Å². The van der Waals surface area contributed by atoms with E-state index in [1.54, 1.807) is 12.5 Å². The predicted octanol–water partition coefficient (Wildman–Crippen LogP) is 2.82.